The highest BCUT2D eigenvalue weighted by Crippen LogP contribution is 2.29. The molecule has 0 radical (unpaired) electrons. The lowest BCUT2D eigenvalue weighted by Crippen LogP contribution is -2.25. The van der Waals surface area contributed by atoms with Crippen LogP contribution in [0.5, 0.6) is 5.75 Å². The van der Waals surface area contributed by atoms with Crippen LogP contribution in [0.2, 0.25) is 0 Å². The Morgan fingerprint density at radius 1 is 1.05 bits per heavy atom. The minimum atomic E-state index is -0.870. The zero-order valence-corrected chi connectivity index (χ0v) is 12.6. The summed E-state index contributed by atoms with van der Waals surface area (Å²) >= 11 is 0. The Balaban J connectivity index is 2.27. The van der Waals surface area contributed by atoms with Crippen LogP contribution in [0.1, 0.15) is 29.2 Å². The number of ether oxygens (including phenoxy) is 1. The van der Waals surface area contributed by atoms with Gasteiger partial charge >= 0.3 is 0 Å². The minimum absolute atomic E-state index is 0.585. The molecule has 2 heteroatoms. The van der Waals surface area contributed by atoms with E-state index in [0.29, 0.717) is 6.42 Å². The second kappa shape index (κ2) is 5.68. The third kappa shape index (κ3) is 3.20. The van der Waals surface area contributed by atoms with E-state index in [1.54, 1.807) is 7.11 Å². The Morgan fingerprint density at radius 3 is 2.30 bits per heavy atom. The van der Waals surface area contributed by atoms with E-state index in [2.05, 4.69) is 18.2 Å². The van der Waals surface area contributed by atoms with E-state index >= 15 is 0 Å². The van der Waals surface area contributed by atoms with Crippen LogP contribution >= 0.6 is 0 Å². The van der Waals surface area contributed by atoms with Crippen molar-refractivity contribution in [3.8, 4) is 5.75 Å². The summed E-state index contributed by atoms with van der Waals surface area (Å²) in [4.78, 5) is 0. The lowest BCUT2D eigenvalue weighted by Gasteiger charge is -2.26. The predicted molar refractivity (Wildman–Crippen MR) is 82.2 cm³/mol. The van der Waals surface area contributed by atoms with Crippen molar-refractivity contribution in [1.29, 1.82) is 0 Å². The molecule has 2 aromatic carbocycles. The highest BCUT2D eigenvalue weighted by Gasteiger charge is 2.25. The third-order valence-corrected chi connectivity index (χ3v) is 3.68. The Morgan fingerprint density at radius 2 is 1.70 bits per heavy atom. The molecule has 0 aromatic heterocycles. The van der Waals surface area contributed by atoms with Crippen molar-refractivity contribution in [2.75, 3.05) is 7.11 Å². The van der Waals surface area contributed by atoms with Gasteiger partial charge in [-0.05, 0) is 49.6 Å². The fourth-order valence-corrected chi connectivity index (χ4v) is 2.55. The largest absolute Gasteiger partial charge is 0.497 e. The Hall–Kier alpha value is -1.80. The van der Waals surface area contributed by atoms with Crippen LogP contribution in [0.25, 0.3) is 0 Å². The molecular weight excluding hydrogens is 248 g/mol. The number of methoxy groups -OCH3 is 1. The van der Waals surface area contributed by atoms with Crippen LogP contribution in [-0.2, 0) is 12.0 Å². The summed E-state index contributed by atoms with van der Waals surface area (Å²) in [5.41, 5.74) is 3.50. The van der Waals surface area contributed by atoms with Gasteiger partial charge in [0.2, 0.25) is 0 Å². The lowest BCUT2D eigenvalue weighted by atomic mass is 9.85. The molecule has 106 valence electrons. The zero-order chi connectivity index (χ0) is 14.8. The third-order valence-electron chi connectivity index (χ3n) is 3.68. The maximum absolute atomic E-state index is 10.8. The molecule has 2 aromatic rings. The van der Waals surface area contributed by atoms with E-state index in [1.807, 2.05) is 45.0 Å². The molecule has 0 amide bonds. The van der Waals surface area contributed by atoms with Crippen LogP contribution in [0, 0.1) is 13.8 Å². The first-order valence-corrected chi connectivity index (χ1v) is 6.85. The van der Waals surface area contributed by atoms with E-state index in [1.165, 1.54) is 5.56 Å². The van der Waals surface area contributed by atoms with Gasteiger partial charge in [0.25, 0.3) is 0 Å². The summed E-state index contributed by atoms with van der Waals surface area (Å²) in [6, 6.07) is 14.0. The van der Waals surface area contributed by atoms with E-state index in [9.17, 15) is 5.11 Å². The van der Waals surface area contributed by atoms with Gasteiger partial charge in [-0.15, -0.1) is 0 Å². The van der Waals surface area contributed by atoms with Gasteiger partial charge in [0.1, 0.15) is 5.75 Å². The first kappa shape index (κ1) is 14.6. The van der Waals surface area contributed by atoms with E-state index < -0.39 is 5.60 Å². The monoisotopic (exact) mass is 270 g/mol. The fourth-order valence-electron chi connectivity index (χ4n) is 2.55. The standard InChI is InChI=1S/C18H22O2/c1-13-5-6-14(2)17(11-13)18(3,19)12-15-7-9-16(20-4)10-8-15/h5-11,19H,12H2,1-4H3. The molecule has 0 saturated heterocycles. The van der Waals surface area contributed by atoms with Gasteiger partial charge in [0, 0.05) is 6.42 Å². The van der Waals surface area contributed by atoms with Crippen LogP contribution < -0.4 is 4.74 Å². The van der Waals surface area contributed by atoms with E-state index in [4.69, 9.17) is 4.74 Å². The maximum Gasteiger partial charge on any atom is 0.118 e. The van der Waals surface area contributed by atoms with E-state index in [-0.39, 0.29) is 0 Å². The first-order chi connectivity index (χ1) is 9.42. The molecule has 1 N–H and O–H groups in total. The fraction of sp³-hybridized carbons (Fsp3) is 0.333. The van der Waals surface area contributed by atoms with Gasteiger partial charge in [-0.1, -0.05) is 35.9 Å². The van der Waals surface area contributed by atoms with Crippen molar-refractivity contribution < 1.29 is 9.84 Å². The molecule has 0 aliphatic heterocycles. The zero-order valence-electron chi connectivity index (χ0n) is 12.6. The van der Waals surface area contributed by atoms with Crippen molar-refractivity contribution in [1.82, 2.24) is 0 Å². The molecule has 1 unspecified atom stereocenters. The van der Waals surface area contributed by atoms with Crippen molar-refractivity contribution in [2.24, 2.45) is 0 Å². The smallest absolute Gasteiger partial charge is 0.118 e. The molecule has 1 atom stereocenters. The summed E-state index contributed by atoms with van der Waals surface area (Å²) in [7, 11) is 1.65. The van der Waals surface area contributed by atoms with Crippen molar-refractivity contribution >= 4 is 0 Å². The Bertz CT molecular complexity index is 583. The van der Waals surface area contributed by atoms with Gasteiger partial charge in [-0.2, -0.15) is 0 Å². The Kier molecular flexibility index (Phi) is 4.15. The lowest BCUT2D eigenvalue weighted by molar-refractivity contribution is 0.0569. The van der Waals surface area contributed by atoms with Crippen LogP contribution in [0.3, 0.4) is 0 Å². The van der Waals surface area contributed by atoms with Crippen molar-refractivity contribution in [3.63, 3.8) is 0 Å². The van der Waals surface area contributed by atoms with E-state index in [0.717, 1.165) is 22.4 Å². The molecule has 0 heterocycles. The topological polar surface area (TPSA) is 29.5 Å². The number of rotatable bonds is 4. The van der Waals surface area contributed by atoms with Gasteiger partial charge in [0.15, 0.2) is 0 Å². The second-order valence-electron chi connectivity index (χ2n) is 5.62. The van der Waals surface area contributed by atoms with Crippen molar-refractivity contribution in [3.05, 3.63) is 64.7 Å². The molecule has 0 aliphatic rings. The molecule has 2 nitrogen and oxygen atoms in total. The minimum Gasteiger partial charge on any atom is -0.497 e. The SMILES string of the molecule is COc1ccc(CC(C)(O)c2cc(C)ccc2C)cc1. The number of aryl methyl sites for hydroxylation is 2. The summed E-state index contributed by atoms with van der Waals surface area (Å²) in [5, 5.41) is 10.8. The second-order valence-corrected chi connectivity index (χ2v) is 5.62. The van der Waals surface area contributed by atoms with Gasteiger partial charge in [-0.3, -0.25) is 0 Å². The van der Waals surface area contributed by atoms with Crippen LogP contribution in [-0.4, -0.2) is 12.2 Å². The molecular formula is C18H22O2. The van der Waals surface area contributed by atoms with Crippen LogP contribution in [0.15, 0.2) is 42.5 Å². The molecule has 0 saturated carbocycles. The number of aliphatic hydroxyl groups is 1. The quantitative estimate of drug-likeness (QED) is 0.916. The highest BCUT2D eigenvalue weighted by atomic mass is 16.5. The van der Waals surface area contributed by atoms with Crippen molar-refractivity contribution in [2.45, 2.75) is 32.8 Å². The highest BCUT2D eigenvalue weighted by molar-refractivity contribution is 5.37. The summed E-state index contributed by atoms with van der Waals surface area (Å²) in [5.74, 6) is 0.833. The molecule has 0 bridgehead atoms. The van der Waals surface area contributed by atoms with Gasteiger partial charge in [0.05, 0.1) is 12.7 Å². The van der Waals surface area contributed by atoms with Gasteiger partial charge < -0.3 is 9.84 Å². The normalized spacial score (nSPS) is 13.8. The summed E-state index contributed by atoms with van der Waals surface area (Å²) in [6.07, 6.45) is 0.585. The Labute approximate surface area is 121 Å². The average Bonchev–Trinajstić information content (AvgIpc) is 2.42. The molecule has 20 heavy (non-hydrogen) atoms. The molecule has 0 spiro atoms. The van der Waals surface area contributed by atoms with Crippen LogP contribution in [0.4, 0.5) is 0 Å². The van der Waals surface area contributed by atoms with Gasteiger partial charge in [-0.25, -0.2) is 0 Å². The predicted octanol–water partition coefficient (Wildman–Crippen LogP) is 3.76. The number of benzene rings is 2. The molecule has 0 aliphatic carbocycles. The maximum atomic E-state index is 10.8. The summed E-state index contributed by atoms with van der Waals surface area (Å²) < 4.78 is 5.16. The molecule has 0 fully saturated rings. The molecule has 2 rings (SSSR count). The number of hydrogen-bond donors (Lipinski definition) is 1. The first-order valence-electron chi connectivity index (χ1n) is 6.85. The average molecular weight is 270 g/mol. The summed E-state index contributed by atoms with van der Waals surface area (Å²) in [6.45, 7) is 5.96. The number of hydrogen-bond acceptors (Lipinski definition) is 2.